The van der Waals surface area contributed by atoms with Crippen LogP contribution in [-0.4, -0.2) is 36.8 Å². The Morgan fingerprint density at radius 2 is 2.35 bits per heavy atom. The first-order chi connectivity index (χ1) is 9.56. The maximum absolute atomic E-state index is 13.1. The monoisotopic (exact) mass is 280 g/mol. The molecule has 1 aromatic carbocycles. The second-order valence-corrected chi connectivity index (χ2v) is 5.45. The van der Waals surface area contributed by atoms with E-state index in [-0.39, 0.29) is 23.6 Å². The molecule has 0 spiro atoms. The molecular formula is C15H21FN2O2. The van der Waals surface area contributed by atoms with Gasteiger partial charge in [-0.3, -0.25) is 4.79 Å². The highest BCUT2D eigenvalue weighted by Gasteiger charge is 2.25. The smallest absolute Gasteiger partial charge is 0.220 e. The zero-order valence-corrected chi connectivity index (χ0v) is 11.6. The Hall–Kier alpha value is -1.46. The summed E-state index contributed by atoms with van der Waals surface area (Å²) in [6.45, 7) is 3.68. The van der Waals surface area contributed by atoms with E-state index in [4.69, 9.17) is 0 Å². The van der Waals surface area contributed by atoms with E-state index in [9.17, 15) is 14.3 Å². The lowest BCUT2D eigenvalue weighted by Gasteiger charge is -2.16. The van der Waals surface area contributed by atoms with E-state index in [2.05, 4.69) is 10.6 Å². The predicted octanol–water partition coefficient (Wildman–Crippen LogP) is 1.02. The number of hydrogen-bond donors (Lipinski definition) is 3. The van der Waals surface area contributed by atoms with Crippen molar-refractivity contribution in [1.29, 1.82) is 0 Å². The Morgan fingerprint density at radius 3 is 3.00 bits per heavy atom. The molecule has 1 aromatic rings. The third-order valence-electron chi connectivity index (χ3n) is 3.77. The van der Waals surface area contributed by atoms with Gasteiger partial charge in [0, 0.05) is 32.0 Å². The number of aliphatic hydroxyl groups excluding tert-OH is 1. The average molecular weight is 280 g/mol. The molecule has 0 aromatic heterocycles. The molecule has 0 saturated carbocycles. The van der Waals surface area contributed by atoms with Crippen LogP contribution in [0.2, 0.25) is 0 Å². The molecule has 4 nitrogen and oxygen atoms in total. The number of hydrogen-bond acceptors (Lipinski definition) is 3. The standard InChI is InChI=1S/C15H21FN2O2/c1-10(11-3-2-4-13(16)6-11)5-15(20)18-8-12-7-17-9-14(12)19/h2-4,6,10,12,14,17,19H,5,7-9H2,1H3,(H,18,20). The number of benzene rings is 1. The highest BCUT2D eigenvalue weighted by atomic mass is 19.1. The lowest BCUT2D eigenvalue weighted by atomic mass is 9.97. The van der Waals surface area contributed by atoms with Crippen LogP contribution in [0.25, 0.3) is 0 Å². The van der Waals surface area contributed by atoms with Crippen LogP contribution in [0.4, 0.5) is 4.39 Å². The van der Waals surface area contributed by atoms with Crippen molar-refractivity contribution in [1.82, 2.24) is 10.6 Å². The molecule has 1 aliphatic heterocycles. The molecular weight excluding hydrogens is 259 g/mol. The molecule has 110 valence electrons. The molecule has 20 heavy (non-hydrogen) atoms. The molecule has 3 atom stereocenters. The van der Waals surface area contributed by atoms with Crippen LogP contribution >= 0.6 is 0 Å². The summed E-state index contributed by atoms with van der Waals surface area (Å²) >= 11 is 0. The van der Waals surface area contributed by atoms with Gasteiger partial charge in [0.15, 0.2) is 0 Å². The predicted molar refractivity (Wildman–Crippen MR) is 74.8 cm³/mol. The van der Waals surface area contributed by atoms with Gasteiger partial charge in [0.25, 0.3) is 0 Å². The van der Waals surface area contributed by atoms with Crippen LogP contribution in [0, 0.1) is 11.7 Å². The van der Waals surface area contributed by atoms with E-state index in [1.54, 1.807) is 6.07 Å². The van der Waals surface area contributed by atoms with Gasteiger partial charge in [-0.25, -0.2) is 4.39 Å². The van der Waals surface area contributed by atoms with Crippen molar-refractivity contribution in [2.75, 3.05) is 19.6 Å². The molecule has 3 N–H and O–H groups in total. The lowest BCUT2D eigenvalue weighted by molar-refractivity contribution is -0.121. The Morgan fingerprint density at radius 1 is 1.55 bits per heavy atom. The van der Waals surface area contributed by atoms with Crippen molar-refractivity contribution >= 4 is 5.91 Å². The summed E-state index contributed by atoms with van der Waals surface area (Å²) in [4.78, 5) is 11.9. The summed E-state index contributed by atoms with van der Waals surface area (Å²) in [6, 6.07) is 6.33. The van der Waals surface area contributed by atoms with Gasteiger partial charge in [-0.2, -0.15) is 0 Å². The zero-order chi connectivity index (χ0) is 14.5. The third kappa shape index (κ3) is 4.02. The van der Waals surface area contributed by atoms with Crippen LogP contribution in [0.1, 0.15) is 24.8 Å². The van der Waals surface area contributed by atoms with Crippen LogP contribution in [0.3, 0.4) is 0 Å². The number of nitrogens with one attached hydrogen (secondary N) is 2. The first-order valence-electron chi connectivity index (χ1n) is 6.97. The van der Waals surface area contributed by atoms with Crippen molar-refractivity contribution in [2.45, 2.75) is 25.4 Å². The first-order valence-corrected chi connectivity index (χ1v) is 6.97. The van der Waals surface area contributed by atoms with Gasteiger partial charge in [-0.05, 0) is 23.6 Å². The molecule has 3 unspecified atom stereocenters. The molecule has 1 fully saturated rings. The Kier molecular flexibility index (Phi) is 5.09. The van der Waals surface area contributed by atoms with Gasteiger partial charge >= 0.3 is 0 Å². The summed E-state index contributed by atoms with van der Waals surface area (Å²) in [5.74, 6) is -0.309. The topological polar surface area (TPSA) is 61.4 Å². The Bertz CT molecular complexity index is 467. The number of aliphatic hydroxyl groups is 1. The summed E-state index contributed by atoms with van der Waals surface area (Å²) in [5, 5.41) is 15.6. The van der Waals surface area contributed by atoms with Gasteiger partial charge < -0.3 is 15.7 Å². The molecule has 0 bridgehead atoms. The summed E-state index contributed by atoms with van der Waals surface area (Å²) in [7, 11) is 0. The number of amides is 1. The van der Waals surface area contributed by atoms with E-state index in [0.29, 0.717) is 19.5 Å². The van der Waals surface area contributed by atoms with Gasteiger partial charge in [0.05, 0.1) is 6.10 Å². The zero-order valence-electron chi connectivity index (χ0n) is 11.6. The second kappa shape index (κ2) is 6.81. The summed E-state index contributed by atoms with van der Waals surface area (Å²) in [6.07, 6.45) is -0.0735. The third-order valence-corrected chi connectivity index (χ3v) is 3.77. The molecule has 0 radical (unpaired) electrons. The fraction of sp³-hybridized carbons (Fsp3) is 0.533. The number of β-amino-alcohol motifs (C(OH)–C–C–N with tert-alkyl or cyclic N) is 1. The van der Waals surface area contributed by atoms with Crippen molar-refractivity contribution in [2.24, 2.45) is 5.92 Å². The maximum atomic E-state index is 13.1. The van der Waals surface area contributed by atoms with E-state index in [1.165, 1.54) is 12.1 Å². The van der Waals surface area contributed by atoms with E-state index < -0.39 is 6.10 Å². The molecule has 1 aliphatic rings. The Balaban J connectivity index is 1.79. The molecule has 5 heteroatoms. The number of rotatable bonds is 5. The summed E-state index contributed by atoms with van der Waals surface area (Å²) in [5.41, 5.74) is 0.822. The highest BCUT2D eigenvalue weighted by molar-refractivity contribution is 5.76. The quantitative estimate of drug-likeness (QED) is 0.754. The van der Waals surface area contributed by atoms with Gasteiger partial charge in [0.1, 0.15) is 5.82 Å². The molecule has 1 amide bonds. The molecule has 1 saturated heterocycles. The first kappa shape index (κ1) is 14.9. The van der Waals surface area contributed by atoms with E-state index in [0.717, 1.165) is 12.1 Å². The molecule has 2 rings (SSSR count). The van der Waals surface area contributed by atoms with E-state index >= 15 is 0 Å². The average Bonchev–Trinajstić information content (AvgIpc) is 2.82. The minimum Gasteiger partial charge on any atom is -0.391 e. The number of carbonyl (C=O) groups excluding carboxylic acids is 1. The summed E-state index contributed by atoms with van der Waals surface area (Å²) < 4.78 is 13.1. The van der Waals surface area contributed by atoms with Crippen molar-refractivity contribution < 1.29 is 14.3 Å². The van der Waals surface area contributed by atoms with Crippen LogP contribution in [-0.2, 0) is 4.79 Å². The van der Waals surface area contributed by atoms with E-state index in [1.807, 2.05) is 13.0 Å². The molecule has 1 heterocycles. The minimum atomic E-state index is -0.393. The fourth-order valence-corrected chi connectivity index (χ4v) is 2.45. The fourth-order valence-electron chi connectivity index (χ4n) is 2.45. The van der Waals surface area contributed by atoms with Crippen LogP contribution < -0.4 is 10.6 Å². The van der Waals surface area contributed by atoms with Gasteiger partial charge in [-0.1, -0.05) is 19.1 Å². The molecule has 0 aliphatic carbocycles. The van der Waals surface area contributed by atoms with Crippen LogP contribution in [0.15, 0.2) is 24.3 Å². The largest absolute Gasteiger partial charge is 0.391 e. The minimum absolute atomic E-state index is 0.0303. The highest BCUT2D eigenvalue weighted by Crippen LogP contribution is 2.19. The normalized spacial score (nSPS) is 23.6. The van der Waals surface area contributed by atoms with Crippen molar-refractivity contribution in [3.63, 3.8) is 0 Å². The lowest BCUT2D eigenvalue weighted by Crippen LogP contribution is -2.34. The van der Waals surface area contributed by atoms with Crippen LogP contribution in [0.5, 0.6) is 0 Å². The number of halogens is 1. The SMILES string of the molecule is CC(CC(=O)NCC1CNCC1O)c1cccc(F)c1. The van der Waals surface area contributed by atoms with Crippen molar-refractivity contribution in [3.8, 4) is 0 Å². The van der Waals surface area contributed by atoms with Crippen molar-refractivity contribution in [3.05, 3.63) is 35.6 Å². The van der Waals surface area contributed by atoms with Gasteiger partial charge in [0.2, 0.25) is 5.91 Å². The van der Waals surface area contributed by atoms with Gasteiger partial charge in [-0.15, -0.1) is 0 Å². The Labute approximate surface area is 118 Å². The maximum Gasteiger partial charge on any atom is 0.220 e. The second-order valence-electron chi connectivity index (χ2n) is 5.45. The number of carbonyl (C=O) groups is 1.